The number of methoxy groups -OCH3 is 1. The highest BCUT2D eigenvalue weighted by Gasteiger charge is 2.30. The zero-order valence-corrected chi connectivity index (χ0v) is 18.8. The number of piperidine rings is 1. The van der Waals surface area contributed by atoms with Crippen LogP contribution < -0.4 is 4.74 Å². The van der Waals surface area contributed by atoms with Crippen molar-refractivity contribution in [2.24, 2.45) is 5.92 Å². The summed E-state index contributed by atoms with van der Waals surface area (Å²) >= 11 is 1.42. The largest absolute Gasteiger partial charge is 0.497 e. The summed E-state index contributed by atoms with van der Waals surface area (Å²) in [7, 11) is 1.59. The first kappa shape index (κ1) is 22.1. The van der Waals surface area contributed by atoms with Crippen LogP contribution in [-0.2, 0) is 0 Å². The molecule has 0 aliphatic carbocycles. The van der Waals surface area contributed by atoms with Gasteiger partial charge in [0.05, 0.1) is 13.3 Å². The summed E-state index contributed by atoms with van der Waals surface area (Å²) in [6.07, 6.45) is 4.66. The number of ketones is 1. The van der Waals surface area contributed by atoms with Crippen LogP contribution in [0.15, 0.2) is 59.9 Å². The van der Waals surface area contributed by atoms with Crippen LogP contribution in [0, 0.1) is 11.7 Å². The molecule has 166 valence electrons. The van der Waals surface area contributed by atoms with Gasteiger partial charge < -0.3 is 9.64 Å². The zero-order valence-electron chi connectivity index (χ0n) is 18.0. The Morgan fingerprint density at radius 2 is 1.72 bits per heavy atom. The number of ether oxygens (including phenoxy) is 1. The Labute approximate surface area is 190 Å². The summed E-state index contributed by atoms with van der Waals surface area (Å²) in [5, 5.41) is 0.657. The molecule has 2 heterocycles. The number of Topliss-reactive ketones (excluding diaryl/α,β-unsaturated/α-hetero) is 1. The topological polar surface area (TPSA) is 64.4 Å². The Balaban J connectivity index is 1.47. The second kappa shape index (κ2) is 9.56. The number of carbonyl (C=O) groups excluding carboxylic acids is 2. The van der Waals surface area contributed by atoms with Gasteiger partial charge in [-0.15, -0.1) is 0 Å². The molecular formula is C24H24FN3O3S. The molecule has 6 nitrogen and oxygen atoms in total. The van der Waals surface area contributed by atoms with Gasteiger partial charge in [0.2, 0.25) is 0 Å². The third-order valence-electron chi connectivity index (χ3n) is 5.74. The molecule has 3 aromatic rings. The summed E-state index contributed by atoms with van der Waals surface area (Å²) < 4.78 is 20.3. The van der Waals surface area contributed by atoms with Crippen molar-refractivity contribution in [3.63, 3.8) is 0 Å². The Hall–Kier alpha value is -3.13. The van der Waals surface area contributed by atoms with Crippen molar-refractivity contribution >= 4 is 23.5 Å². The van der Waals surface area contributed by atoms with Gasteiger partial charge in [-0.25, -0.2) is 9.37 Å². The van der Waals surface area contributed by atoms with E-state index >= 15 is 0 Å². The molecule has 0 atom stereocenters. The van der Waals surface area contributed by atoms with Crippen LogP contribution in [0.25, 0.3) is 5.69 Å². The van der Waals surface area contributed by atoms with E-state index < -0.39 is 0 Å². The molecular weight excluding hydrogens is 429 g/mol. The van der Waals surface area contributed by atoms with E-state index in [1.54, 1.807) is 59.2 Å². The van der Waals surface area contributed by atoms with E-state index in [9.17, 15) is 14.0 Å². The molecule has 0 N–H and O–H groups in total. The molecule has 1 amide bonds. The number of hydrogen-bond acceptors (Lipinski definition) is 5. The highest BCUT2D eigenvalue weighted by molar-refractivity contribution is 7.98. The number of benzene rings is 2. The van der Waals surface area contributed by atoms with Crippen LogP contribution in [0.2, 0.25) is 0 Å². The van der Waals surface area contributed by atoms with E-state index in [2.05, 4.69) is 4.98 Å². The van der Waals surface area contributed by atoms with Gasteiger partial charge in [0.1, 0.15) is 17.3 Å². The van der Waals surface area contributed by atoms with E-state index in [0.29, 0.717) is 53.8 Å². The van der Waals surface area contributed by atoms with Gasteiger partial charge in [-0.3, -0.25) is 14.2 Å². The highest BCUT2D eigenvalue weighted by atomic mass is 32.2. The fraction of sp³-hybridized carbons (Fsp3) is 0.292. The predicted octanol–water partition coefficient (Wildman–Crippen LogP) is 4.48. The molecule has 8 heteroatoms. The molecule has 0 unspecified atom stereocenters. The highest BCUT2D eigenvalue weighted by Crippen LogP contribution is 2.27. The normalized spacial score (nSPS) is 14.4. The first-order chi connectivity index (χ1) is 15.5. The average Bonchev–Trinajstić information content (AvgIpc) is 3.28. The van der Waals surface area contributed by atoms with Gasteiger partial charge in [0.15, 0.2) is 10.9 Å². The van der Waals surface area contributed by atoms with Crippen molar-refractivity contribution in [2.75, 3.05) is 26.5 Å². The van der Waals surface area contributed by atoms with E-state index in [1.165, 1.54) is 23.9 Å². The summed E-state index contributed by atoms with van der Waals surface area (Å²) in [5.74, 6) is 0.217. The lowest BCUT2D eigenvalue weighted by Crippen LogP contribution is -2.41. The van der Waals surface area contributed by atoms with Crippen LogP contribution in [0.1, 0.15) is 33.7 Å². The molecule has 0 bridgehead atoms. The van der Waals surface area contributed by atoms with Crippen LogP contribution in [0.3, 0.4) is 0 Å². The lowest BCUT2D eigenvalue weighted by atomic mass is 9.89. The molecule has 1 fully saturated rings. The van der Waals surface area contributed by atoms with Crippen LogP contribution >= 0.6 is 11.8 Å². The van der Waals surface area contributed by atoms with E-state index in [-0.39, 0.29) is 23.4 Å². The molecule has 0 spiro atoms. The number of imidazole rings is 1. The first-order valence-electron chi connectivity index (χ1n) is 10.4. The summed E-state index contributed by atoms with van der Waals surface area (Å²) in [4.78, 5) is 32.3. The summed E-state index contributed by atoms with van der Waals surface area (Å²) in [6.45, 7) is 0.989. The lowest BCUT2D eigenvalue weighted by Gasteiger charge is -2.31. The number of amides is 1. The maximum atomic E-state index is 13.4. The monoisotopic (exact) mass is 453 g/mol. The number of nitrogens with zero attached hydrogens (tertiary/aromatic N) is 3. The third kappa shape index (κ3) is 4.41. The van der Waals surface area contributed by atoms with Gasteiger partial charge in [-0.05, 0) is 67.6 Å². The Bertz CT molecular complexity index is 1100. The molecule has 1 aliphatic rings. The molecule has 1 aliphatic heterocycles. The number of carbonyl (C=O) groups is 2. The van der Waals surface area contributed by atoms with Crippen LogP contribution in [0.4, 0.5) is 4.39 Å². The molecule has 1 aromatic heterocycles. The second-order valence-electron chi connectivity index (χ2n) is 7.60. The van der Waals surface area contributed by atoms with Crippen molar-refractivity contribution in [2.45, 2.75) is 18.0 Å². The number of thioether (sulfide) groups is 1. The maximum Gasteiger partial charge on any atom is 0.272 e. The van der Waals surface area contributed by atoms with Crippen molar-refractivity contribution in [1.29, 1.82) is 0 Å². The van der Waals surface area contributed by atoms with Crippen molar-refractivity contribution in [3.8, 4) is 11.4 Å². The summed E-state index contributed by atoms with van der Waals surface area (Å²) in [6, 6.07) is 13.1. The van der Waals surface area contributed by atoms with Crippen LogP contribution in [0.5, 0.6) is 5.75 Å². The molecule has 4 rings (SSSR count). The molecule has 32 heavy (non-hydrogen) atoms. The molecule has 0 radical (unpaired) electrons. The standard InChI is InChI=1S/C24H24FN3O3S/c1-31-20-9-3-16(4-10-20)22(29)17-11-13-27(14-12-17)23(30)21-15-26-24(32-2)28(21)19-7-5-18(25)6-8-19/h3-10,15,17H,11-14H2,1-2H3. The minimum atomic E-state index is -0.337. The Kier molecular flexibility index (Phi) is 6.60. The number of aromatic nitrogens is 2. The molecule has 0 saturated carbocycles. The van der Waals surface area contributed by atoms with Gasteiger partial charge >= 0.3 is 0 Å². The Morgan fingerprint density at radius 3 is 2.31 bits per heavy atom. The minimum Gasteiger partial charge on any atom is -0.497 e. The number of hydrogen-bond donors (Lipinski definition) is 0. The van der Waals surface area contributed by atoms with Crippen molar-refractivity contribution in [1.82, 2.24) is 14.5 Å². The van der Waals surface area contributed by atoms with Crippen molar-refractivity contribution < 1.29 is 18.7 Å². The quantitative estimate of drug-likeness (QED) is 0.407. The number of likely N-dealkylation sites (tertiary alicyclic amines) is 1. The summed E-state index contributed by atoms with van der Waals surface area (Å²) in [5.41, 5.74) is 1.77. The smallest absolute Gasteiger partial charge is 0.272 e. The minimum absolute atomic E-state index is 0.0979. The number of rotatable bonds is 6. The fourth-order valence-corrected chi connectivity index (χ4v) is 4.51. The predicted molar refractivity (Wildman–Crippen MR) is 121 cm³/mol. The Morgan fingerprint density at radius 1 is 1.06 bits per heavy atom. The van der Waals surface area contributed by atoms with Gasteiger partial charge in [0.25, 0.3) is 5.91 Å². The molecule has 2 aromatic carbocycles. The van der Waals surface area contributed by atoms with Crippen LogP contribution in [-0.4, -0.2) is 52.6 Å². The average molecular weight is 454 g/mol. The third-order valence-corrected chi connectivity index (χ3v) is 6.40. The van der Waals surface area contributed by atoms with Gasteiger partial charge in [0, 0.05) is 30.3 Å². The van der Waals surface area contributed by atoms with E-state index in [1.807, 2.05) is 6.26 Å². The van der Waals surface area contributed by atoms with E-state index in [0.717, 1.165) is 0 Å². The fourth-order valence-electron chi connectivity index (χ4n) is 3.97. The number of halogens is 1. The van der Waals surface area contributed by atoms with Gasteiger partial charge in [-0.1, -0.05) is 11.8 Å². The first-order valence-corrected chi connectivity index (χ1v) is 11.6. The molecule has 1 saturated heterocycles. The van der Waals surface area contributed by atoms with Crippen molar-refractivity contribution in [3.05, 3.63) is 71.8 Å². The zero-order chi connectivity index (χ0) is 22.7. The maximum absolute atomic E-state index is 13.4. The SMILES string of the molecule is COc1ccc(C(=O)C2CCN(C(=O)c3cnc(SC)n3-c3ccc(F)cc3)CC2)cc1. The second-order valence-corrected chi connectivity index (χ2v) is 8.37. The lowest BCUT2D eigenvalue weighted by molar-refractivity contribution is 0.0643. The van der Waals surface area contributed by atoms with Gasteiger partial charge in [-0.2, -0.15) is 0 Å². The van der Waals surface area contributed by atoms with E-state index in [4.69, 9.17) is 4.74 Å².